The van der Waals surface area contributed by atoms with Gasteiger partial charge in [0.2, 0.25) is 0 Å². The fraction of sp³-hybridized carbons (Fsp3) is 0.273. The molecule has 0 nitrogen and oxygen atoms in total. The van der Waals surface area contributed by atoms with E-state index in [9.17, 15) is 0 Å². The summed E-state index contributed by atoms with van der Waals surface area (Å²) < 4.78 is 0.738. The third-order valence-corrected chi connectivity index (χ3v) is 4.16. The zero-order valence-electron chi connectivity index (χ0n) is 8.09. The van der Waals surface area contributed by atoms with Gasteiger partial charge in [0, 0.05) is 0 Å². The predicted molar refractivity (Wildman–Crippen MR) is 47.4 cm³/mol. The fourth-order valence-corrected chi connectivity index (χ4v) is 2.65. The Balaban J connectivity index is 0. The molecule has 2 aliphatic carbocycles. The molecule has 80 valence electrons. The molecule has 4 heteroatoms. The third kappa shape index (κ3) is 4.61. The SMILES string of the molecule is [Cl-].[Cl-].[Cl-].[Zr+3][CH](C1=CC=CC1)C1=CC=CC1. The normalized spacial score (nSPS) is 16.5. The molecule has 0 spiro atoms. The van der Waals surface area contributed by atoms with Gasteiger partial charge in [-0.3, -0.25) is 0 Å². The molecule has 0 aliphatic heterocycles. The first kappa shape index (κ1) is 18.1. The Morgan fingerprint density at radius 3 is 1.53 bits per heavy atom. The van der Waals surface area contributed by atoms with E-state index in [1.165, 1.54) is 12.8 Å². The van der Waals surface area contributed by atoms with Crippen LogP contribution in [0.15, 0.2) is 47.6 Å². The summed E-state index contributed by atoms with van der Waals surface area (Å²) in [7, 11) is 0. The molecular weight excluding hydrogens is 330 g/mol. The van der Waals surface area contributed by atoms with Crippen LogP contribution in [-0.4, -0.2) is 0 Å². The van der Waals surface area contributed by atoms with Crippen LogP contribution in [0.1, 0.15) is 12.8 Å². The van der Waals surface area contributed by atoms with Crippen molar-refractivity contribution in [3.05, 3.63) is 47.6 Å². The minimum absolute atomic E-state index is 0. The van der Waals surface area contributed by atoms with Crippen LogP contribution in [0.3, 0.4) is 0 Å². The van der Waals surface area contributed by atoms with Gasteiger partial charge < -0.3 is 37.2 Å². The standard InChI is InChI=1S/C11H11.3ClH.Zr/c1-2-6-10(5-1)9-11-7-3-4-8-11;;;;/h1-5,7,9H,6,8H2;3*1H;/q;;;;+3/p-3. The van der Waals surface area contributed by atoms with E-state index in [0.29, 0.717) is 0 Å². The second-order valence-corrected chi connectivity index (χ2v) is 4.60. The van der Waals surface area contributed by atoms with Crippen LogP contribution in [0.2, 0.25) is 3.63 Å². The van der Waals surface area contributed by atoms with E-state index in [2.05, 4.69) is 36.5 Å². The van der Waals surface area contributed by atoms with Crippen molar-refractivity contribution >= 4 is 0 Å². The second kappa shape index (κ2) is 8.82. The van der Waals surface area contributed by atoms with Gasteiger partial charge in [0.15, 0.2) is 0 Å². The number of hydrogen-bond acceptors (Lipinski definition) is 0. The van der Waals surface area contributed by atoms with Crippen molar-refractivity contribution in [2.75, 3.05) is 0 Å². The molecule has 0 N–H and O–H groups in total. The van der Waals surface area contributed by atoms with Crippen molar-refractivity contribution in [3.63, 3.8) is 0 Å². The molecule has 2 aliphatic rings. The summed E-state index contributed by atoms with van der Waals surface area (Å²) >= 11 is 1.63. The molecule has 0 aromatic carbocycles. The Morgan fingerprint density at radius 1 is 0.867 bits per heavy atom. The van der Waals surface area contributed by atoms with E-state index >= 15 is 0 Å². The molecule has 0 aromatic heterocycles. The Morgan fingerprint density at radius 2 is 1.27 bits per heavy atom. The fourth-order valence-electron chi connectivity index (χ4n) is 1.59. The maximum absolute atomic E-state index is 2.28. The molecular formula is C11H11Cl3Zr. The Kier molecular flexibility index (Phi) is 10.6. The molecule has 2 rings (SSSR count). The number of hydrogen-bond donors (Lipinski definition) is 0. The molecule has 0 aromatic rings. The van der Waals surface area contributed by atoms with Crippen LogP contribution in [0.25, 0.3) is 0 Å². The van der Waals surface area contributed by atoms with Crippen molar-refractivity contribution in [2.45, 2.75) is 16.5 Å². The first-order valence-corrected chi connectivity index (χ1v) is 5.72. The summed E-state index contributed by atoms with van der Waals surface area (Å²) in [5.74, 6) is 0. The van der Waals surface area contributed by atoms with Gasteiger partial charge in [-0.05, 0) is 0 Å². The monoisotopic (exact) mass is 338 g/mol. The molecule has 0 heterocycles. The summed E-state index contributed by atoms with van der Waals surface area (Å²) in [6.07, 6.45) is 15.7. The summed E-state index contributed by atoms with van der Waals surface area (Å²) in [5.41, 5.74) is 3.20. The van der Waals surface area contributed by atoms with Gasteiger partial charge in [-0.25, -0.2) is 0 Å². The number of halogens is 3. The molecule has 0 bridgehead atoms. The third-order valence-electron chi connectivity index (χ3n) is 2.34. The van der Waals surface area contributed by atoms with E-state index in [1.807, 2.05) is 0 Å². The summed E-state index contributed by atoms with van der Waals surface area (Å²) in [5, 5.41) is 0. The average Bonchev–Trinajstić information content (AvgIpc) is 2.77. The van der Waals surface area contributed by atoms with E-state index in [0.717, 1.165) is 3.63 Å². The minimum atomic E-state index is 0. The first-order chi connectivity index (χ1) is 5.88. The van der Waals surface area contributed by atoms with E-state index in [1.54, 1.807) is 35.9 Å². The summed E-state index contributed by atoms with van der Waals surface area (Å²) in [4.78, 5) is 0. The van der Waals surface area contributed by atoms with Crippen LogP contribution in [0.4, 0.5) is 0 Å². The Bertz CT molecular complexity index is 273. The molecule has 0 fully saturated rings. The average molecular weight is 341 g/mol. The van der Waals surface area contributed by atoms with Gasteiger partial charge in [-0.15, -0.1) is 0 Å². The zero-order chi connectivity index (χ0) is 8.39. The van der Waals surface area contributed by atoms with Gasteiger partial charge >= 0.3 is 88.8 Å². The van der Waals surface area contributed by atoms with Crippen LogP contribution in [0.5, 0.6) is 0 Å². The quantitative estimate of drug-likeness (QED) is 0.470. The van der Waals surface area contributed by atoms with Crippen LogP contribution in [-0.2, 0) is 24.7 Å². The Hall–Kier alpha value is 0.713. The Labute approximate surface area is 125 Å². The van der Waals surface area contributed by atoms with Crippen LogP contribution >= 0.6 is 0 Å². The van der Waals surface area contributed by atoms with Crippen molar-refractivity contribution in [1.82, 2.24) is 0 Å². The van der Waals surface area contributed by atoms with Crippen molar-refractivity contribution < 1.29 is 61.9 Å². The van der Waals surface area contributed by atoms with Gasteiger partial charge in [-0.2, -0.15) is 0 Å². The van der Waals surface area contributed by atoms with Gasteiger partial charge in [0.25, 0.3) is 0 Å². The van der Waals surface area contributed by atoms with Gasteiger partial charge in [0.05, 0.1) is 0 Å². The van der Waals surface area contributed by atoms with E-state index in [-0.39, 0.29) is 37.2 Å². The molecule has 0 amide bonds. The molecule has 15 heavy (non-hydrogen) atoms. The van der Waals surface area contributed by atoms with Crippen LogP contribution in [0, 0.1) is 0 Å². The van der Waals surface area contributed by atoms with Crippen molar-refractivity contribution in [2.24, 2.45) is 0 Å². The molecule has 0 atom stereocenters. The van der Waals surface area contributed by atoms with E-state index in [4.69, 9.17) is 0 Å². The molecule has 0 radical (unpaired) electrons. The topological polar surface area (TPSA) is 0 Å². The zero-order valence-corrected chi connectivity index (χ0v) is 12.8. The summed E-state index contributed by atoms with van der Waals surface area (Å²) in [6, 6.07) is 0. The predicted octanol–water partition coefficient (Wildman–Crippen LogP) is -5.89. The van der Waals surface area contributed by atoms with Crippen LogP contribution < -0.4 is 37.2 Å². The number of allylic oxidation sites excluding steroid dienone is 8. The number of rotatable bonds is 2. The first-order valence-electron chi connectivity index (χ1n) is 4.30. The van der Waals surface area contributed by atoms with Crippen molar-refractivity contribution in [3.8, 4) is 0 Å². The van der Waals surface area contributed by atoms with Gasteiger partial charge in [0.1, 0.15) is 0 Å². The van der Waals surface area contributed by atoms with E-state index < -0.39 is 0 Å². The molecule has 0 unspecified atom stereocenters. The second-order valence-electron chi connectivity index (χ2n) is 3.18. The summed E-state index contributed by atoms with van der Waals surface area (Å²) in [6.45, 7) is 0. The maximum atomic E-state index is 2.28. The molecule has 0 saturated heterocycles. The van der Waals surface area contributed by atoms with Crippen molar-refractivity contribution in [1.29, 1.82) is 0 Å². The van der Waals surface area contributed by atoms with Gasteiger partial charge in [-0.1, -0.05) is 0 Å². The molecule has 0 saturated carbocycles.